The van der Waals surface area contributed by atoms with Gasteiger partial charge in [0.1, 0.15) is 23.4 Å². The van der Waals surface area contributed by atoms with E-state index in [0.29, 0.717) is 18.3 Å². The summed E-state index contributed by atoms with van der Waals surface area (Å²) < 4.78 is 11.3. The van der Waals surface area contributed by atoms with Crippen molar-refractivity contribution in [3.05, 3.63) is 60.0 Å². The topological polar surface area (TPSA) is 71.6 Å². The van der Waals surface area contributed by atoms with Crippen molar-refractivity contribution >= 4 is 11.8 Å². The predicted octanol–water partition coefficient (Wildman–Crippen LogP) is 4.23. The van der Waals surface area contributed by atoms with E-state index in [4.69, 9.17) is 9.26 Å². The van der Waals surface area contributed by atoms with E-state index in [1.165, 1.54) is 0 Å². The minimum Gasteiger partial charge on any atom is -0.508 e. The molecule has 1 heterocycles. The van der Waals surface area contributed by atoms with Crippen molar-refractivity contribution in [2.24, 2.45) is 0 Å². The fourth-order valence-corrected chi connectivity index (χ4v) is 3.63. The van der Waals surface area contributed by atoms with Crippen LogP contribution in [0.15, 0.2) is 53.1 Å². The molecule has 0 aliphatic rings. The van der Waals surface area contributed by atoms with Crippen LogP contribution in [0.3, 0.4) is 0 Å². The minimum absolute atomic E-state index is 0.207. The molecule has 0 radical (unpaired) electrons. The van der Waals surface area contributed by atoms with Crippen LogP contribution in [0.5, 0.6) is 11.5 Å². The lowest BCUT2D eigenvalue weighted by Crippen LogP contribution is -2.19. The number of rotatable bonds is 9. The Morgan fingerprint density at radius 3 is 2.57 bits per heavy atom. The third kappa shape index (κ3) is 5.05. The number of phenolic OH excluding ortho intramolecular Hbond substituents is 1. The quantitative estimate of drug-likeness (QED) is 0.577. The monoisotopic (exact) mass is 399 g/mol. The number of hydrogen-bond donors (Lipinski definition) is 1. The van der Waals surface area contributed by atoms with Gasteiger partial charge in [-0.3, -0.25) is 0 Å². The van der Waals surface area contributed by atoms with Gasteiger partial charge in [-0.05, 0) is 50.2 Å². The summed E-state index contributed by atoms with van der Waals surface area (Å²) in [5, 5.41) is 14.1. The van der Waals surface area contributed by atoms with Crippen LogP contribution < -0.4 is 4.74 Å². The molecule has 3 rings (SSSR count). The molecule has 1 aromatic heterocycles. The second kappa shape index (κ2) is 9.61. The Morgan fingerprint density at radius 2 is 1.89 bits per heavy atom. The van der Waals surface area contributed by atoms with Crippen LogP contribution in [-0.4, -0.2) is 53.1 Å². The second-order valence-corrected chi connectivity index (χ2v) is 7.91. The first-order valence-electron chi connectivity index (χ1n) is 9.19. The van der Waals surface area contributed by atoms with E-state index in [1.807, 2.05) is 50.5 Å². The summed E-state index contributed by atoms with van der Waals surface area (Å²) in [4.78, 5) is 6.65. The molecule has 0 spiro atoms. The number of phenols is 1. The molecule has 0 amide bonds. The van der Waals surface area contributed by atoms with Gasteiger partial charge in [-0.25, -0.2) is 0 Å². The number of benzene rings is 2. The van der Waals surface area contributed by atoms with Gasteiger partial charge < -0.3 is 19.3 Å². The number of hydrogen-bond acceptors (Lipinski definition) is 7. The summed E-state index contributed by atoms with van der Waals surface area (Å²) in [5.74, 6) is 2.90. The SMILES string of the molecule is CCSC(c1nc(-c2ccc(OCCN(C)C)cc2)no1)c1ccccc1O. The van der Waals surface area contributed by atoms with Crippen LogP contribution in [0.1, 0.15) is 23.6 Å². The smallest absolute Gasteiger partial charge is 0.244 e. The van der Waals surface area contributed by atoms with E-state index in [1.54, 1.807) is 23.9 Å². The molecular formula is C21H25N3O3S. The van der Waals surface area contributed by atoms with Gasteiger partial charge in [-0.15, -0.1) is 11.8 Å². The maximum atomic E-state index is 10.2. The van der Waals surface area contributed by atoms with Gasteiger partial charge in [-0.2, -0.15) is 4.98 Å². The minimum atomic E-state index is -0.207. The molecule has 2 aromatic carbocycles. The van der Waals surface area contributed by atoms with Crippen LogP contribution in [0.2, 0.25) is 0 Å². The van der Waals surface area contributed by atoms with E-state index in [-0.39, 0.29) is 11.0 Å². The van der Waals surface area contributed by atoms with Crippen LogP contribution >= 0.6 is 11.8 Å². The fourth-order valence-electron chi connectivity index (χ4n) is 2.68. The third-order valence-corrected chi connectivity index (χ3v) is 5.26. The van der Waals surface area contributed by atoms with E-state index in [9.17, 15) is 5.11 Å². The van der Waals surface area contributed by atoms with Gasteiger partial charge >= 0.3 is 0 Å². The number of aromatic hydroxyl groups is 1. The molecule has 1 N–H and O–H groups in total. The molecule has 0 aliphatic carbocycles. The third-order valence-electron chi connectivity index (χ3n) is 4.14. The van der Waals surface area contributed by atoms with Gasteiger partial charge in [0.05, 0.1) is 0 Å². The summed E-state index contributed by atoms with van der Waals surface area (Å²) in [5.41, 5.74) is 1.63. The fraction of sp³-hybridized carbons (Fsp3) is 0.333. The van der Waals surface area contributed by atoms with Gasteiger partial charge in [0.25, 0.3) is 0 Å². The van der Waals surface area contributed by atoms with Crippen molar-refractivity contribution in [1.29, 1.82) is 0 Å². The number of likely N-dealkylation sites (N-methyl/N-ethyl adjacent to an activating group) is 1. The molecular weight excluding hydrogens is 374 g/mol. The second-order valence-electron chi connectivity index (χ2n) is 6.53. The predicted molar refractivity (Wildman–Crippen MR) is 112 cm³/mol. The van der Waals surface area contributed by atoms with Crippen molar-refractivity contribution in [2.75, 3.05) is 33.0 Å². The van der Waals surface area contributed by atoms with E-state index < -0.39 is 0 Å². The highest BCUT2D eigenvalue weighted by molar-refractivity contribution is 7.99. The summed E-state index contributed by atoms with van der Waals surface area (Å²) in [7, 11) is 4.03. The Balaban J connectivity index is 1.76. The lowest BCUT2D eigenvalue weighted by molar-refractivity contribution is 0.261. The van der Waals surface area contributed by atoms with E-state index in [0.717, 1.165) is 29.2 Å². The maximum absolute atomic E-state index is 10.2. The van der Waals surface area contributed by atoms with Crippen molar-refractivity contribution in [2.45, 2.75) is 12.2 Å². The summed E-state index contributed by atoms with van der Waals surface area (Å²) in [6.07, 6.45) is 0. The molecule has 1 unspecified atom stereocenters. The van der Waals surface area contributed by atoms with Gasteiger partial charge in [0.2, 0.25) is 11.7 Å². The molecule has 0 aliphatic heterocycles. The Kier molecular flexibility index (Phi) is 6.95. The van der Waals surface area contributed by atoms with E-state index >= 15 is 0 Å². The Morgan fingerprint density at radius 1 is 1.14 bits per heavy atom. The summed E-state index contributed by atoms with van der Waals surface area (Å²) >= 11 is 1.64. The molecule has 3 aromatic rings. The number of para-hydroxylation sites is 1. The Labute approximate surface area is 169 Å². The molecule has 1 atom stereocenters. The van der Waals surface area contributed by atoms with Gasteiger partial charge in [0.15, 0.2) is 0 Å². The zero-order valence-electron chi connectivity index (χ0n) is 16.3. The Bertz CT molecular complexity index is 881. The molecule has 0 bridgehead atoms. The molecule has 6 nitrogen and oxygen atoms in total. The molecule has 28 heavy (non-hydrogen) atoms. The molecule has 0 fully saturated rings. The van der Waals surface area contributed by atoms with Crippen LogP contribution in [0, 0.1) is 0 Å². The molecule has 148 valence electrons. The summed E-state index contributed by atoms with van der Waals surface area (Å²) in [6.45, 7) is 3.55. The zero-order chi connectivity index (χ0) is 19.9. The number of ether oxygens (including phenoxy) is 1. The van der Waals surface area contributed by atoms with Crippen molar-refractivity contribution in [3.8, 4) is 22.9 Å². The van der Waals surface area contributed by atoms with Crippen molar-refractivity contribution in [1.82, 2.24) is 15.0 Å². The van der Waals surface area contributed by atoms with Gasteiger partial charge in [0, 0.05) is 17.7 Å². The van der Waals surface area contributed by atoms with Gasteiger partial charge in [-0.1, -0.05) is 30.3 Å². The Hall–Kier alpha value is -2.51. The lowest BCUT2D eigenvalue weighted by atomic mass is 10.1. The van der Waals surface area contributed by atoms with Crippen molar-refractivity contribution < 1.29 is 14.4 Å². The van der Waals surface area contributed by atoms with Crippen LogP contribution in [-0.2, 0) is 0 Å². The van der Waals surface area contributed by atoms with Crippen LogP contribution in [0.4, 0.5) is 0 Å². The zero-order valence-corrected chi connectivity index (χ0v) is 17.1. The normalized spacial score (nSPS) is 12.3. The average molecular weight is 400 g/mol. The molecule has 7 heteroatoms. The maximum Gasteiger partial charge on any atom is 0.244 e. The summed E-state index contributed by atoms with van der Waals surface area (Å²) in [6, 6.07) is 14.9. The van der Waals surface area contributed by atoms with Crippen LogP contribution in [0.25, 0.3) is 11.4 Å². The van der Waals surface area contributed by atoms with E-state index in [2.05, 4.69) is 22.0 Å². The number of aromatic nitrogens is 2. The number of thioether (sulfide) groups is 1. The molecule has 0 saturated heterocycles. The first-order chi connectivity index (χ1) is 13.6. The van der Waals surface area contributed by atoms with Crippen molar-refractivity contribution in [3.63, 3.8) is 0 Å². The average Bonchev–Trinajstić information content (AvgIpc) is 3.17. The molecule has 0 saturated carbocycles. The highest BCUT2D eigenvalue weighted by atomic mass is 32.2. The largest absolute Gasteiger partial charge is 0.508 e. The standard InChI is InChI=1S/C21H25N3O3S/c1-4-28-19(17-7-5-6-8-18(17)25)21-22-20(23-27-21)15-9-11-16(12-10-15)26-14-13-24(2)3/h5-12,19,25H,4,13-14H2,1-3H3. The highest BCUT2D eigenvalue weighted by Crippen LogP contribution is 2.39. The first kappa shape index (κ1) is 20.2. The number of nitrogens with zero attached hydrogens (tertiary/aromatic N) is 3. The lowest BCUT2D eigenvalue weighted by Gasteiger charge is -2.13. The first-order valence-corrected chi connectivity index (χ1v) is 10.2. The highest BCUT2D eigenvalue weighted by Gasteiger charge is 2.24.